The number of carbonyl (C=O) groups excluding carboxylic acids is 1. The number of carbonyl (C=O) groups is 2. The summed E-state index contributed by atoms with van der Waals surface area (Å²) in [7, 11) is 0. The minimum Gasteiger partial charge on any atom is -0.508 e. The van der Waals surface area contributed by atoms with E-state index in [4.69, 9.17) is 13.9 Å². The van der Waals surface area contributed by atoms with Crippen molar-refractivity contribution in [2.45, 2.75) is 50.0 Å². The molecule has 6 N–H and O–H groups in total. The molecule has 3 aromatic rings. The van der Waals surface area contributed by atoms with Crippen molar-refractivity contribution >= 4 is 23.2 Å². The summed E-state index contributed by atoms with van der Waals surface area (Å²) >= 11 is 0. The number of phenols is 1. The zero-order chi connectivity index (χ0) is 29.2. The van der Waals surface area contributed by atoms with Gasteiger partial charge in [0.2, 0.25) is 6.29 Å². The fourth-order valence-electron chi connectivity index (χ4n) is 4.53. The Bertz CT molecular complexity index is 1440. The zero-order valence-corrected chi connectivity index (χ0v) is 21.8. The first-order valence-corrected chi connectivity index (χ1v) is 12.6. The number of aromatic hydroxyl groups is 1. The molecular weight excluding hydrogens is 526 g/mol. The monoisotopic (exact) mass is 557 g/mol. The Kier molecular flexibility index (Phi) is 8.28. The van der Waals surface area contributed by atoms with Crippen LogP contribution in [0, 0.1) is 5.92 Å². The summed E-state index contributed by atoms with van der Waals surface area (Å²) in [5, 5.41) is 55.3. The molecule has 1 saturated heterocycles. The van der Waals surface area contributed by atoms with Crippen molar-refractivity contribution in [2.75, 3.05) is 13.1 Å². The molecule has 2 aromatic carbocycles. The highest BCUT2D eigenvalue weighted by atomic mass is 16.7. The number of aliphatic hydroxyl groups is 3. The topological polar surface area (TPSA) is 196 Å². The second-order valence-electron chi connectivity index (χ2n) is 10.2. The largest absolute Gasteiger partial charge is 0.508 e. The third-order valence-corrected chi connectivity index (χ3v) is 6.97. The normalized spacial score (nSPS) is 26.6. The number of fused-ring (bicyclic) bond motifs is 1. The third-order valence-electron chi connectivity index (χ3n) is 6.97. The van der Waals surface area contributed by atoms with Gasteiger partial charge in [0.1, 0.15) is 29.4 Å². The number of ether oxygens (including phenoxy) is 2. The maximum Gasteiger partial charge on any atom is 0.335 e. The first-order valence-electron chi connectivity index (χ1n) is 12.6. The molecule has 1 aliphatic heterocycles. The Morgan fingerprint density at radius 2 is 1.88 bits per heavy atom. The van der Waals surface area contributed by atoms with Crippen LogP contribution in [0.25, 0.3) is 22.1 Å². The van der Waals surface area contributed by atoms with E-state index in [1.54, 1.807) is 12.1 Å². The van der Waals surface area contributed by atoms with E-state index in [0.29, 0.717) is 24.4 Å². The van der Waals surface area contributed by atoms with Crippen LogP contribution in [0.1, 0.15) is 20.3 Å². The number of carboxylic acids is 1. The molecule has 0 bridgehead atoms. The molecule has 4 rings (SSSR count). The SMILES string of the molecule is CC(C)CCNCC1(O)C(Oc2ccc3c(=O)c(-c4ccc(O)cc4)coc3c2)OC(C(=O)O)C(O)C1(O)C=O. The van der Waals surface area contributed by atoms with Crippen molar-refractivity contribution in [3.05, 3.63) is 59.0 Å². The van der Waals surface area contributed by atoms with Gasteiger partial charge in [-0.15, -0.1) is 0 Å². The van der Waals surface area contributed by atoms with Gasteiger partial charge in [0.05, 0.1) is 10.9 Å². The van der Waals surface area contributed by atoms with Crippen LogP contribution >= 0.6 is 0 Å². The molecular formula is C28H31NO11. The predicted octanol–water partition coefficient (Wildman–Crippen LogP) is 1.01. The van der Waals surface area contributed by atoms with Crippen molar-refractivity contribution in [3.8, 4) is 22.6 Å². The molecule has 1 fully saturated rings. The molecule has 1 aromatic heterocycles. The number of carboxylic acid groups (broad SMARTS) is 1. The van der Waals surface area contributed by atoms with Gasteiger partial charge in [-0.2, -0.15) is 0 Å². The van der Waals surface area contributed by atoms with E-state index in [2.05, 4.69) is 5.32 Å². The maximum atomic E-state index is 13.1. The first kappa shape index (κ1) is 29.2. The molecule has 40 heavy (non-hydrogen) atoms. The van der Waals surface area contributed by atoms with Gasteiger partial charge in [-0.05, 0) is 48.7 Å². The lowest BCUT2D eigenvalue weighted by Gasteiger charge is -2.51. The maximum absolute atomic E-state index is 13.1. The van der Waals surface area contributed by atoms with E-state index in [-0.39, 0.29) is 39.7 Å². The van der Waals surface area contributed by atoms with Crippen LogP contribution in [0.3, 0.4) is 0 Å². The Morgan fingerprint density at radius 1 is 1.18 bits per heavy atom. The average Bonchev–Trinajstić information content (AvgIpc) is 2.92. The molecule has 0 aliphatic carbocycles. The van der Waals surface area contributed by atoms with Crippen LogP contribution in [-0.4, -0.2) is 80.6 Å². The summed E-state index contributed by atoms with van der Waals surface area (Å²) in [4.78, 5) is 36.9. The molecule has 0 amide bonds. The van der Waals surface area contributed by atoms with Gasteiger partial charge in [-0.1, -0.05) is 26.0 Å². The van der Waals surface area contributed by atoms with E-state index < -0.39 is 42.2 Å². The van der Waals surface area contributed by atoms with Gasteiger partial charge >= 0.3 is 5.97 Å². The standard InChI is InChI=1S/C28H31NO11/c1-15(2)9-10-29-13-27(36)26(40-23(25(34)35)24(33)28(27,37)14-30)39-18-7-8-19-21(11-18)38-12-20(22(19)32)16-3-5-17(31)6-4-16/h3-8,11-12,14-15,23-24,26,29,31,33,36-37H,9-10,13H2,1-2H3,(H,34,35). The number of aliphatic hydroxyl groups excluding tert-OH is 1. The molecule has 5 unspecified atom stereocenters. The van der Waals surface area contributed by atoms with E-state index in [9.17, 15) is 39.9 Å². The van der Waals surface area contributed by atoms with E-state index in [0.717, 1.165) is 0 Å². The van der Waals surface area contributed by atoms with Crippen LogP contribution in [0.15, 0.2) is 57.9 Å². The fourth-order valence-corrected chi connectivity index (χ4v) is 4.53. The molecule has 0 saturated carbocycles. The van der Waals surface area contributed by atoms with Gasteiger partial charge in [0.15, 0.2) is 29.0 Å². The molecule has 12 heteroatoms. The summed E-state index contributed by atoms with van der Waals surface area (Å²) in [5.74, 6) is -1.41. The summed E-state index contributed by atoms with van der Waals surface area (Å²) in [6, 6.07) is 10.0. The third kappa shape index (κ3) is 5.31. The minimum atomic E-state index is -2.98. The quantitative estimate of drug-likeness (QED) is 0.153. The van der Waals surface area contributed by atoms with Crippen molar-refractivity contribution in [1.29, 1.82) is 0 Å². The van der Waals surface area contributed by atoms with Crippen LogP contribution in [0.4, 0.5) is 0 Å². The van der Waals surface area contributed by atoms with Crippen molar-refractivity contribution in [2.24, 2.45) is 5.92 Å². The lowest BCUT2D eigenvalue weighted by Crippen LogP contribution is -2.79. The second kappa shape index (κ2) is 11.4. The van der Waals surface area contributed by atoms with E-state index in [1.165, 1.54) is 36.6 Å². The molecule has 5 atom stereocenters. The first-order chi connectivity index (χ1) is 18.9. The van der Waals surface area contributed by atoms with Crippen molar-refractivity contribution in [3.63, 3.8) is 0 Å². The molecule has 0 spiro atoms. The van der Waals surface area contributed by atoms with E-state index in [1.807, 2.05) is 13.8 Å². The molecule has 0 radical (unpaired) electrons. The molecule has 214 valence electrons. The molecule has 2 heterocycles. The number of benzene rings is 2. The van der Waals surface area contributed by atoms with Crippen LogP contribution in [0.5, 0.6) is 11.5 Å². The highest BCUT2D eigenvalue weighted by Crippen LogP contribution is 2.39. The smallest absolute Gasteiger partial charge is 0.335 e. The lowest BCUT2D eigenvalue weighted by molar-refractivity contribution is -0.334. The average molecular weight is 558 g/mol. The number of nitrogens with one attached hydrogen (secondary N) is 1. The highest BCUT2D eigenvalue weighted by Gasteiger charge is 2.67. The Hall–Kier alpha value is -3.81. The van der Waals surface area contributed by atoms with Gasteiger partial charge in [0.25, 0.3) is 0 Å². The van der Waals surface area contributed by atoms with Gasteiger partial charge < -0.3 is 44.7 Å². The number of rotatable bonds is 10. The molecule has 1 aliphatic rings. The molecule has 12 nitrogen and oxygen atoms in total. The number of hydrogen-bond acceptors (Lipinski definition) is 11. The zero-order valence-electron chi connectivity index (χ0n) is 21.8. The van der Waals surface area contributed by atoms with Crippen molar-refractivity contribution < 1.29 is 49.0 Å². The summed E-state index contributed by atoms with van der Waals surface area (Å²) in [6.45, 7) is 3.81. The fraction of sp³-hybridized carbons (Fsp3) is 0.393. The van der Waals surface area contributed by atoms with Gasteiger partial charge in [-0.3, -0.25) is 9.59 Å². The number of aliphatic carboxylic acids is 1. The van der Waals surface area contributed by atoms with Crippen LogP contribution < -0.4 is 15.5 Å². The van der Waals surface area contributed by atoms with Crippen LogP contribution in [-0.2, 0) is 14.3 Å². The Balaban J connectivity index is 1.69. The Labute approximate surface area is 228 Å². The van der Waals surface area contributed by atoms with E-state index >= 15 is 0 Å². The van der Waals surface area contributed by atoms with Crippen molar-refractivity contribution in [1.82, 2.24) is 5.32 Å². The minimum absolute atomic E-state index is 0.0369. The summed E-state index contributed by atoms with van der Waals surface area (Å²) in [5.41, 5.74) is -5.14. The Morgan fingerprint density at radius 3 is 2.50 bits per heavy atom. The van der Waals surface area contributed by atoms with Gasteiger partial charge in [0, 0.05) is 12.6 Å². The summed E-state index contributed by atoms with van der Waals surface area (Å²) in [6.07, 6.45) is -4.58. The number of aldehydes is 1. The van der Waals surface area contributed by atoms with Crippen LogP contribution in [0.2, 0.25) is 0 Å². The predicted molar refractivity (Wildman–Crippen MR) is 141 cm³/mol. The highest BCUT2D eigenvalue weighted by molar-refractivity contribution is 5.82. The summed E-state index contributed by atoms with van der Waals surface area (Å²) < 4.78 is 16.8. The lowest BCUT2D eigenvalue weighted by atomic mass is 9.74. The van der Waals surface area contributed by atoms with Gasteiger partial charge in [-0.25, -0.2) is 4.79 Å². The number of hydrogen-bond donors (Lipinski definition) is 6. The number of phenolic OH excluding ortho intramolecular Hbond substituents is 1. The second-order valence-corrected chi connectivity index (χ2v) is 10.2.